The standard InChI is InChI=1S/C20H32N6OS.HI/c1-14(12-18-15(2)24-26(6)16(18)3)23-20(22-13-19(27)25(4)5)21-10-9-17-8-7-11-28-17;/h7-8,11,14H,9-10,12-13H2,1-6H3,(H2,21,22,23);1H. The first-order valence-electron chi connectivity index (χ1n) is 9.54. The monoisotopic (exact) mass is 532 g/mol. The van der Waals surface area contributed by atoms with Gasteiger partial charge in [0.15, 0.2) is 5.96 Å². The van der Waals surface area contributed by atoms with E-state index in [1.165, 1.54) is 16.1 Å². The number of carbonyl (C=O) groups is 1. The molecule has 1 unspecified atom stereocenters. The molecule has 0 saturated carbocycles. The normalized spacial score (nSPS) is 12.3. The van der Waals surface area contributed by atoms with Crippen molar-refractivity contribution in [2.24, 2.45) is 12.0 Å². The number of amides is 1. The van der Waals surface area contributed by atoms with Gasteiger partial charge in [0.05, 0.1) is 5.69 Å². The Morgan fingerprint density at radius 1 is 1.38 bits per heavy atom. The average molecular weight is 532 g/mol. The lowest BCUT2D eigenvalue weighted by atomic mass is 10.1. The first-order valence-corrected chi connectivity index (χ1v) is 10.4. The molecule has 0 aliphatic carbocycles. The third-order valence-electron chi connectivity index (χ3n) is 4.67. The maximum absolute atomic E-state index is 11.9. The van der Waals surface area contributed by atoms with Gasteiger partial charge in [-0.1, -0.05) is 6.07 Å². The predicted molar refractivity (Wildman–Crippen MR) is 131 cm³/mol. The van der Waals surface area contributed by atoms with E-state index in [4.69, 9.17) is 0 Å². The summed E-state index contributed by atoms with van der Waals surface area (Å²) in [6.45, 7) is 7.14. The molecular formula is C20H33IN6OS. The molecule has 1 atom stereocenters. The Balaban J connectivity index is 0.00000420. The van der Waals surface area contributed by atoms with Crippen LogP contribution in [0.3, 0.4) is 0 Å². The number of hydrogen-bond donors (Lipinski definition) is 2. The molecule has 2 rings (SSSR count). The summed E-state index contributed by atoms with van der Waals surface area (Å²) >= 11 is 1.75. The summed E-state index contributed by atoms with van der Waals surface area (Å²) < 4.78 is 1.92. The third kappa shape index (κ3) is 7.96. The van der Waals surface area contributed by atoms with Crippen molar-refractivity contribution in [1.29, 1.82) is 0 Å². The summed E-state index contributed by atoms with van der Waals surface area (Å²) in [5.74, 6) is 0.643. The van der Waals surface area contributed by atoms with Gasteiger partial charge in [0.1, 0.15) is 6.54 Å². The number of halogens is 1. The van der Waals surface area contributed by atoms with E-state index in [-0.39, 0.29) is 42.5 Å². The number of carbonyl (C=O) groups excluding carboxylic acids is 1. The highest BCUT2D eigenvalue weighted by molar-refractivity contribution is 14.0. The smallest absolute Gasteiger partial charge is 0.243 e. The Bertz CT molecular complexity index is 800. The lowest BCUT2D eigenvalue weighted by Gasteiger charge is -2.19. The highest BCUT2D eigenvalue weighted by atomic mass is 127. The number of rotatable bonds is 8. The fraction of sp³-hybridized carbons (Fsp3) is 0.550. The van der Waals surface area contributed by atoms with E-state index < -0.39 is 0 Å². The van der Waals surface area contributed by atoms with Crippen LogP contribution in [0.5, 0.6) is 0 Å². The number of hydrogen-bond acceptors (Lipinski definition) is 4. The molecule has 1 amide bonds. The maximum Gasteiger partial charge on any atom is 0.243 e. The molecule has 0 saturated heterocycles. The number of thiophene rings is 1. The molecule has 0 aliphatic heterocycles. The van der Waals surface area contributed by atoms with E-state index in [2.05, 4.69) is 52.1 Å². The average Bonchev–Trinajstić information content (AvgIpc) is 3.23. The second kappa shape index (κ2) is 12.2. The van der Waals surface area contributed by atoms with Gasteiger partial charge in [0.25, 0.3) is 0 Å². The summed E-state index contributed by atoms with van der Waals surface area (Å²) in [6.07, 6.45) is 1.77. The Morgan fingerprint density at radius 2 is 2.10 bits per heavy atom. The van der Waals surface area contributed by atoms with Gasteiger partial charge in [0, 0.05) is 44.3 Å². The van der Waals surface area contributed by atoms with Crippen molar-refractivity contribution in [3.8, 4) is 0 Å². The van der Waals surface area contributed by atoms with Crippen molar-refractivity contribution in [2.75, 3.05) is 27.2 Å². The highest BCUT2D eigenvalue weighted by Crippen LogP contribution is 2.14. The quantitative estimate of drug-likeness (QED) is 0.312. The summed E-state index contributed by atoms with van der Waals surface area (Å²) in [7, 11) is 5.45. The van der Waals surface area contributed by atoms with Crippen molar-refractivity contribution in [1.82, 2.24) is 25.3 Å². The van der Waals surface area contributed by atoms with Gasteiger partial charge in [0.2, 0.25) is 5.91 Å². The van der Waals surface area contributed by atoms with E-state index in [1.807, 2.05) is 18.7 Å². The topological polar surface area (TPSA) is 74.5 Å². The van der Waals surface area contributed by atoms with Crippen LogP contribution in [0.2, 0.25) is 0 Å². The molecule has 2 aromatic rings. The Kier molecular flexibility index (Phi) is 10.7. The van der Waals surface area contributed by atoms with Gasteiger partial charge in [-0.15, -0.1) is 35.3 Å². The summed E-state index contributed by atoms with van der Waals surface area (Å²) in [5, 5.41) is 13.4. The minimum Gasteiger partial charge on any atom is -0.356 e. The van der Waals surface area contributed by atoms with Gasteiger partial charge in [-0.2, -0.15) is 5.10 Å². The second-order valence-corrected chi connectivity index (χ2v) is 8.26. The van der Waals surface area contributed by atoms with Crippen LogP contribution in [0.1, 0.15) is 28.8 Å². The lowest BCUT2D eigenvalue weighted by molar-refractivity contribution is -0.127. The summed E-state index contributed by atoms with van der Waals surface area (Å²) in [4.78, 5) is 19.3. The molecule has 2 aromatic heterocycles. The number of likely N-dealkylation sites (N-methyl/N-ethyl adjacent to an activating group) is 1. The van der Waals surface area contributed by atoms with Gasteiger partial charge in [-0.3, -0.25) is 9.48 Å². The minimum absolute atomic E-state index is 0. The van der Waals surface area contributed by atoms with E-state index in [9.17, 15) is 4.79 Å². The van der Waals surface area contributed by atoms with Crippen LogP contribution in [0.15, 0.2) is 22.5 Å². The lowest BCUT2D eigenvalue weighted by Crippen LogP contribution is -2.44. The zero-order valence-electron chi connectivity index (χ0n) is 18.2. The first kappa shape index (κ1) is 25.4. The van der Waals surface area contributed by atoms with Gasteiger partial charge >= 0.3 is 0 Å². The van der Waals surface area contributed by atoms with E-state index in [0.717, 1.165) is 25.1 Å². The number of aromatic nitrogens is 2. The number of guanidine groups is 1. The van der Waals surface area contributed by atoms with Crippen molar-refractivity contribution in [3.05, 3.63) is 39.3 Å². The molecule has 2 N–H and O–H groups in total. The Morgan fingerprint density at radius 3 is 2.66 bits per heavy atom. The molecule has 2 heterocycles. The zero-order valence-corrected chi connectivity index (χ0v) is 21.3. The maximum atomic E-state index is 11.9. The van der Waals surface area contributed by atoms with Crippen molar-refractivity contribution in [3.63, 3.8) is 0 Å². The molecule has 29 heavy (non-hydrogen) atoms. The SMILES string of the molecule is Cc1nn(C)c(C)c1CC(C)NC(=NCC(=O)N(C)C)NCCc1cccs1.I. The highest BCUT2D eigenvalue weighted by Gasteiger charge is 2.14. The van der Waals surface area contributed by atoms with E-state index in [0.29, 0.717) is 5.96 Å². The van der Waals surface area contributed by atoms with Gasteiger partial charge in [-0.05, 0) is 50.6 Å². The largest absolute Gasteiger partial charge is 0.356 e. The van der Waals surface area contributed by atoms with Crippen LogP contribution in [-0.4, -0.2) is 59.8 Å². The molecule has 9 heteroatoms. The molecule has 0 aromatic carbocycles. The van der Waals surface area contributed by atoms with Crippen molar-refractivity contribution >= 4 is 47.2 Å². The molecule has 7 nitrogen and oxygen atoms in total. The van der Waals surface area contributed by atoms with Crippen LogP contribution in [0.4, 0.5) is 0 Å². The van der Waals surface area contributed by atoms with E-state index >= 15 is 0 Å². The minimum atomic E-state index is -0.0223. The van der Waals surface area contributed by atoms with Crippen molar-refractivity contribution < 1.29 is 4.79 Å². The third-order valence-corrected chi connectivity index (χ3v) is 5.60. The Labute approximate surface area is 195 Å². The summed E-state index contributed by atoms with van der Waals surface area (Å²) in [6, 6.07) is 4.34. The molecule has 0 radical (unpaired) electrons. The van der Waals surface area contributed by atoms with Gasteiger partial charge < -0.3 is 15.5 Å². The second-order valence-electron chi connectivity index (χ2n) is 7.23. The first-order chi connectivity index (χ1) is 13.3. The molecule has 162 valence electrons. The number of aryl methyl sites for hydroxylation is 2. The van der Waals surface area contributed by atoms with Crippen LogP contribution >= 0.6 is 35.3 Å². The van der Waals surface area contributed by atoms with E-state index in [1.54, 1.807) is 30.3 Å². The fourth-order valence-corrected chi connectivity index (χ4v) is 3.61. The van der Waals surface area contributed by atoms with Crippen molar-refractivity contribution in [2.45, 2.75) is 39.7 Å². The van der Waals surface area contributed by atoms with Crippen LogP contribution in [-0.2, 0) is 24.7 Å². The van der Waals surface area contributed by atoms with Crippen LogP contribution < -0.4 is 10.6 Å². The van der Waals surface area contributed by atoms with Crippen LogP contribution in [0, 0.1) is 13.8 Å². The molecule has 0 spiro atoms. The Hall–Kier alpha value is -1.62. The molecule has 0 fully saturated rings. The molecule has 0 aliphatic rings. The van der Waals surface area contributed by atoms with Gasteiger partial charge in [-0.25, -0.2) is 4.99 Å². The number of nitrogens with zero attached hydrogens (tertiary/aromatic N) is 4. The number of nitrogens with one attached hydrogen (secondary N) is 2. The molecular weight excluding hydrogens is 499 g/mol. The van der Waals surface area contributed by atoms with Crippen LogP contribution in [0.25, 0.3) is 0 Å². The zero-order chi connectivity index (χ0) is 20.7. The summed E-state index contributed by atoms with van der Waals surface area (Å²) in [5.41, 5.74) is 3.49. The molecule has 0 bridgehead atoms. The fourth-order valence-electron chi connectivity index (χ4n) is 2.90. The predicted octanol–water partition coefficient (Wildman–Crippen LogP) is 2.51. The number of aliphatic imine (C=N–C) groups is 1.